The van der Waals surface area contributed by atoms with E-state index < -0.39 is 5.97 Å². The summed E-state index contributed by atoms with van der Waals surface area (Å²) in [7, 11) is 0. The molecule has 0 saturated heterocycles. The highest BCUT2D eigenvalue weighted by Gasteiger charge is 2.28. The molecule has 23 heavy (non-hydrogen) atoms. The quantitative estimate of drug-likeness (QED) is 0.618. The van der Waals surface area contributed by atoms with Crippen LogP contribution in [0.3, 0.4) is 0 Å². The molecule has 6 heteroatoms. The molecular formula is C17H23BrN2O3. The summed E-state index contributed by atoms with van der Waals surface area (Å²) in [5, 5.41) is 2.98. The van der Waals surface area contributed by atoms with E-state index in [1.807, 2.05) is 0 Å². The second-order valence-electron chi connectivity index (χ2n) is 6.25. The molecule has 1 saturated carbocycles. The van der Waals surface area contributed by atoms with Crippen molar-refractivity contribution in [2.45, 2.75) is 39.2 Å². The van der Waals surface area contributed by atoms with Gasteiger partial charge in [-0.05, 0) is 36.5 Å². The average Bonchev–Trinajstić information content (AvgIpc) is 2.52. The molecule has 0 bridgehead atoms. The highest BCUT2D eigenvalue weighted by atomic mass is 79.9. The third kappa shape index (κ3) is 4.70. The Kier molecular flexibility index (Phi) is 6.04. The molecule has 3 N–H and O–H groups in total. The van der Waals surface area contributed by atoms with Gasteiger partial charge in [-0.2, -0.15) is 0 Å². The van der Waals surface area contributed by atoms with E-state index in [0.717, 1.165) is 17.3 Å². The van der Waals surface area contributed by atoms with Crippen LogP contribution in [0.25, 0.3) is 0 Å². The van der Waals surface area contributed by atoms with Gasteiger partial charge in [-0.15, -0.1) is 0 Å². The van der Waals surface area contributed by atoms with Crippen LogP contribution in [0.5, 0.6) is 0 Å². The van der Waals surface area contributed by atoms with Gasteiger partial charge in [-0.25, -0.2) is 4.79 Å². The number of nitrogens with one attached hydrogen (secondary N) is 1. The van der Waals surface area contributed by atoms with Gasteiger partial charge in [0, 0.05) is 16.2 Å². The van der Waals surface area contributed by atoms with Crippen LogP contribution in [0.4, 0.5) is 5.69 Å². The Morgan fingerprint density at radius 2 is 2.09 bits per heavy atom. The normalized spacial score (nSPS) is 24.0. The minimum absolute atomic E-state index is 0.154. The second kappa shape index (κ2) is 7.81. The summed E-state index contributed by atoms with van der Waals surface area (Å²) >= 11 is 3.28. The molecular weight excluding hydrogens is 360 g/mol. The van der Waals surface area contributed by atoms with Crippen molar-refractivity contribution >= 4 is 33.5 Å². The van der Waals surface area contributed by atoms with E-state index >= 15 is 0 Å². The molecule has 126 valence electrons. The average molecular weight is 383 g/mol. The molecule has 0 heterocycles. The molecule has 1 amide bonds. The Morgan fingerprint density at radius 3 is 2.83 bits per heavy atom. The fourth-order valence-corrected chi connectivity index (χ4v) is 3.31. The molecule has 0 radical (unpaired) electrons. The number of ether oxygens (including phenoxy) is 1. The van der Waals surface area contributed by atoms with Crippen molar-refractivity contribution in [1.29, 1.82) is 0 Å². The number of hydrogen-bond donors (Lipinski definition) is 2. The van der Waals surface area contributed by atoms with Gasteiger partial charge >= 0.3 is 5.97 Å². The van der Waals surface area contributed by atoms with Crippen LogP contribution in [0.1, 0.15) is 43.5 Å². The van der Waals surface area contributed by atoms with Gasteiger partial charge in [0.2, 0.25) is 0 Å². The number of anilines is 1. The van der Waals surface area contributed by atoms with E-state index in [4.69, 9.17) is 10.5 Å². The highest BCUT2D eigenvalue weighted by Crippen LogP contribution is 2.29. The monoisotopic (exact) mass is 382 g/mol. The summed E-state index contributed by atoms with van der Waals surface area (Å²) in [5.74, 6) is 0.170. The number of halogens is 1. The van der Waals surface area contributed by atoms with Crippen LogP contribution < -0.4 is 11.1 Å². The number of carbonyl (C=O) groups is 2. The molecule has 1 aromatic carbocycles. The Labute approximate surface area is 145 Å². The Morgan fingerprint density at radius 1 is 1.35 bits per heavy atom. The molecule has 0 spiro atoms. The maximum Gasteiger partial charge on any atom is 0.340 e. The zero-order chi connectivity index (χ0) is 17.0. The number of rotatable bonds is 4. The van der Waals surface area contributed by atoms with Gasteiger partial charge in [-0.3, -0.25) is 4.79 Å². The third-order valence-electron chi connectivity index (χ3n) is 4.62. The first-order valence-electron chi connectivity index (χ1n) is 7.90. The first-order valence-corrected chi connectivity index (χ1v) is 8.69. The topological polar surface area (TPSA) is 81.4 Å². The van der Waals surface area contributed by atoms with Crippen molar-refractivity contribution in [2.24, 2.45) is 11.8 Å². The molecule has 1 fully saturated rings. The number of hydrogen-bond acceptors (Lipinski definition) is 4. The maximum absolute atomic E-state index is 12.0. The minimum Gasteiger partial charge on any atom is -0.452 e. The van der Waals surface area contributed by atoms with E-state index in [1.54, 1.807) is 18.2 Å². The summed E-state index contributed by atoms with van der Waals surface area (Å²) in [6.45, 7) is 4.07. The maximum atomic E-state index is 12.0. The standard InChI is InChI=1S/C17H23BrN2O3/c1-10-4-3-5-15(11(10)2)20-16(21)9-23-17(22)13-8-12(18)6-7-14(13)19/h6-8,10-11,15H,3-5,9,19H2,1-2H3,(H,20,21)/t10-,11+,15-/m0/s1. The molecule has 5 nitrogen and oxygen atoms in total. The van der Waals surface area contributed by atoms with Crippen molar-refractivity contribution in [3.8, 4) is 0 Å². The van der Waals surface area contributed by atoms with Crippen LogP contribution in [0.2, 0.25) is 0 Å². The SMILES string of the molecule is C[C@H]1[C@@H](NC(=O)COC(=O)c2cc(Br)ccc2N)CCC[C@@H]1C. The van der Waals surface area contributed by atoms with E-state index in [2.05, 4.69) is 35.1 Å². The predicted octanol–water partition coefficient (Wildman–Crippen LogP) is 3.13. The Bertz CT molecular complexity index is 591. The summed E-state index contributed by atoms with van der Waals surface area (Å²) in [6.07, 6.45) is 3.29. The third-order valence-corrected chi connectivity index (χ3v) is 5.12. The van der Waals surface area contributed by atoms with Gasteiger partial charge in [0.25, 0.3) is 5.91 Å². The van der Waals surface area contributed by atoms with Crippen molar-refractivity contribution in [3.05, 3.63) is 28.2 Å². The summed E-state index contributed by atoms with van der Waals surface area (Å²) in [5.41, 5.74) is 6.34. The Balaban J connectivity index is 1.86. The number of amides is 1. The van der Waals surface area contributed by atoms with Crippen molar-refractivity contribution in [2.75, 3.05) is 12.3 Å². The number of nitrogens with two attached hydrogens (primary N) is 1. The van der Waals surface area contributed by atoms with Gasteiger partial charge in [0.1, 0.15) is 0 Å². The molecule has 0 aliphatic heterocycles. The zero-order valence-corrected chi connectivity index (χ0v) is 15.1. The lowest BCUT2D eigenvalue weighted by Crippen LogP contribution is -2.45. The van der Waals surface area contributed by atoms with E-state index in [9.17, 15) is 9.59 Å². The lowest BCUT2D eigenvalue weighted by molar-refractivity contribution is -0.125. The van der Waals surface area contributed by atoms with E-state index in [1.165, 1.54) is 6.42 Å². The summed E-state index contributed by atoms with van der Waals surface area (Å²) in [6, 6.07) is 5.09. The summed E-state index contributed by atoms with van der Waals surface area (Å²) < 4.78 is 5.81. The molecule has 2 rings (SSSR count). The van der Waals surface area contributed by atoms with Gasteiger partial charge in [-0.1, -0.05) is 42.6 Å². The van der Waals surface area contributed by atoms with E-state index in [-0.39, 0.29) is 24.1 Å². The number of esters is 1. The van der Waals surface area contributed by atoms with Crippen molar-refractivity contribution in [3.63, 3.8) is 0 Å². The molecule has 1 aliphatic carbocycles. The van der Waals surface area contributed by atoms with Crippen LogP contribution in [-0.2, 0) is 9.53 Å². The molecule has 1 aliphatic rings. The predicted molar refractivity (Wildman–Crippen MR) is 92.9 cm³/mol. The van der Waals surface area contributed by atoms with Crippen LogP contribution in [-0.4, -0.2) is 24.5 Å². The van der Waals surface area contributed by atoms with Crippen molar-refractivity contribution < 1.29 is 14.3 Å². The zero-order valence-electron chi connectivity index (χ0n) is 13.5. The largest absolute Gasteiger partial charge is 0.452 e. The lowest BCUT2D eigenvalue weighted by atomic mass is 9.78. The second-order valence-corrected chi connectivity index (χ2v) is 7.16. The fraction of sp³-hybridized carbons (Fsp3) is 0.529. The van der Waals surface area contributed by atoms with Gasteiger partial charge in [0.15, 0.2) is 6.61 Å². The van der Waals surface area contributed by atoms with Crippen LogP contribution >= 0.6 is 15.9 Å². The number of benzene rings is 1. The molecule has 0 unspecified atom stereocenters. The number of carbonyl (C=O) groups excluding carboxylic acids is 2. The molecule has 1 aromatic rings. The highest BCUT2D eigenvalue weighted by molar-refractivity contribution is 9.10. The molecule has 3 atom stereocenters. The lowest BCUT2D eigenvalue weighted by Gasteiger charge is -2.34. The fourth-order valence-electron chi connectivity index (χ4n) is 2.95. The first kappa shape index (κ1) is 17.8. The van der Waals surface area contributed by atoms with Crippen LogP contribution in [0.15, 0.2) is 22.7 Å². The minimum atomic E-state index is -0.594. The Hall–Kier alpha value is -1.56. The number of nitrogen functional groups attached to an aromatic ring is 1. The summed E-state index contributed by atoms with van der Waals surface area (Å²) in [4.78, 5) is 24.1. The van der Waals surface area contributed by atoms with Gasteiger partial charge in [0.05, 0.1) is 5.56 Å². The van der Waals surface area contributed by atoms with E-state index in [0.29, 0.717) is 17.5 Å². The smallest absolute Gasteiger partial charge is 0.340 e. The first-order chi connectivity index (χ1) is 10.9. The molecule has 0 aromatic heterocycles. The van der Waals surface area contributed by atoms with Crippen LogP contribution in [0, 0.1) is 11.8 Å². The van der Waals surface area contributed by atoms with Crippen molar-refractivity contribution in [1.82, 2.24) is 5.32 Å². The van der Waals surface area contributed by atoms with Gasteiger partial charge < -0.3 is 15.8 Å².